The molecule has 0 bridgehead atoms. The Bertz CT molecular complexity index is 1040. The Morgan fingerprint density at radius 1 is 1.00 bits per heavy atom. The van der Waals surface area contributed by atoms with Gasteiger partial charge in [-0.2, -0.15) is 5.10 Å². The lowest BCUT2D eigenvalue weighted by Crippen LogP contribution is -2.32. The first-order valence-electron chi connectivity index (χ1n) is 12.5. The van der Waals surface area contributed by atoms with Gasteiger partial charge in [0, 0.05) is 34.6 Å². The Labute approximate surface area is 198 Å². The minimum atomic E-state index is -0.134. The van der Waals surface area contributed by atoms with E-state index in [1.165, 1.54) is 18.5 Å². The van der Waals surface area contributed by atoms with Gasteiger partial charge in [-0.3, -0.25) is 14.5 Å². The number of piperidine rings is 1. The highest BCUT2D eigenvalue weighted by atomic mass is 16.1. The number of pyridine rings is 1. The molecule has 0 spiro atoms. The van der Waals surface area contributed by atoms with E-state index in [0.717, 1.165) is 48.2 Å². The number of likely N-dealkylation sites (tertiary alicyclic amines) is 1. The molecule has 1 aromatic carbocycles. The normalized spacial score (nSPS) is 16.4. The van der Waals surface area contributed by atoms with Crippen molar-refractivity contribution in [2.45, 2.75) is 72.3 Å². The molecule has 1 saturated heterocycles. The third kappa shape index (κ3) is 5.80. The van der Waals surface area contributed by atoms with Crippen molar-refractivity contribution in [2.75, 3.05) is 25.5 Å². The molecule has 6 heteroatoms. The first kappa shape index (κ1) is 24.9. The van der Waals surface area contributed by atoms with Gasteiger partial charge in [-0.25, -0.2) is 0 Å². The number of carbonyl (C=O) groups is 1. The fourth-order valence-corrected chi connectivity index (χ4v) is 4.27. The number of fused-ring (bicyclic) bond motifs is 1. The van der Waals surface area contributed by atoms with Gasteiger partial charge in [-0.05, 0) is 83.1 Å². The van der Waals surface area contributed by atoms with Crippen LogP contribution < -0.4 is 5.32 Å². The van der Waals surface area contributed by atoms with Gasteiger partial charge in [-0.1, -0.05) is 27.7 Å². The highest BCUT2D eigenvalue weighted by molar-refractivity contribution is 6.04. The Balaban J connectivity index is 0.000000728. The van der Waals surface area contributed by atoms with Gasteiger partial charge in [0.05, 0.1) is 17.1 Å². The Hall–Kier alpha value is -2.73. The summed E-state index contributed by atoms with van der Waals surface area (Å²) in [5.41, 5.74) is 4.58. The van der Waals surface area contributed by atoms with Gasteiger partial charge in [0.15, 0.2) is 0 Å². The molecule has 5 rings (SSSR count). The molecule has 6 nitrogen and oxygen atoms in total. The van der Waals surface area contributed by atoms with E-state index >= 15 is 0 Å². The number of aryl methyl sites for hydroxylation is 1. The van der Waals surface area contributed by atoms with E-state index in [2.05, 4.69) is 39.9 Å². The second kappa shape index (κ2) is 11.4. The quantitative estimate of drug-likeness (QED) is 0.516. The standard InChI is InChI=1S/C23H27N5O.2C2H6/c1-15-20-7-6-18(13-22(20)26-28(15)19-9-11-27(2)12-10-19)25-23(29)17-5-8-21(24-14-17)16-3-4-16;2*1-2/h5-8,13-14,16,19H,3-4,9-12H2,1-2H3,(H,25,29);2*1-2H3. The van der Waals surface area contributed by atoms with E-state index < -0.39 is 0 Å². The van der Waals surface area contributed by atoms with Crippen LogP contribution in [-0.4, -0.2) is 45.7 Å². The Kier molecular flexibility index (Phi) is 8.61. The first-order chi connectivity index (χ1) is 16.1. The van der Waals surface area contributed by atoms with Gasteiger partial charge >= 0.3 is 0 Å². The first-order valence-corrected chi connectivity index (χ1v) is 12.5. The predicted molar refractivity (Wildman–Crippen MR) is 137 cm³/mol. The maximum Gasteiger partial charge on any atom is 0.257 e. The second-order valence-corrected chi connectivity index (χ2v) is 8.50. The van der Waals surface area contributed by atoms with Gasteiger partial charge in [0.2, 0.25) is 0 Å². The largest absolute Gasteiger partial charge is 0.322 e. The molecule has 0 atom stereocenters. The summed E-state index contributed by atoms with van der Waals surface area (Å²) in [6, 6.07) is 10.3. The third-order valence-electron chi connectivity index (χ3n) is 6.28. The van der Waals surface area contributed by atoms with E-state index in [-0.39, 0.29) is 5.91 Å². The SMILES string of the molecule is CC.CC.Cc1c2ccc(NC(=O)c3ccc(C4CC4)nc3)cc2nn1C1CCN(C)CC1. The average molecular weight is 450 g/mol. The van der Waals surface area contributed by atoms with Gasteiger partial charge < -0.3 is 10.2 Å². The molecule has 33 heavy (non-hydrogen) atoms. The van der Waals surface area contributed by atoms with E-state index in [0.29, 0.717) is 17.5 Å². The number of benzene rings is 1. The van der Waals surface area contributed by atoms with Crippen molar-refractivity contribution >= 4 is 22.5 Å². The zero-order chi connectivity index (χ0) is 24.0. The molecule has 1 N–H and O–H groups in total. The minimum absolute atomic E-state index is 0.134. The maximum absolute atomic E-state index is 12.6. The van der Waals surface area contributed by atoms with Crippen LogP contribution in [-0.2, 0) is 0 Å². The molecule has 2 aliphatic rings. The number of rotatable bonds is 4. The van der Waals surface area contributed by atoms with Crippen LogP contribution in [0.4, 0.5) is 5.69 Å². The van der Waals surface area contributed by atoms with Crippen molar-refractivity contribution in [1.82, 2.24) is 19.7 Å². The predicted octanol–water partition coefficient (Wildman–Crippen LogP) is 6.19. The van der Waals surface area contributed by atoms with Crippen LogP contribution >= 0.6 is 0 Å². The number of carbonyl (C=O) groups excluding carboxylic acids is 1. The summed E-state index contributed by atoms with van der Waals surface area (Å²) in [7, 11) is 2.17. The number of amides is 1. The van der Waals surface area contributed by atoms with Crippen molar-refractivity contribution < 1.29 is 4.79 Å². The number of aromatic nitrogens is 3. The van der Waals surface area contributed by atoms with Gasteiger partial charge in [0.1, 0.15) is 0 Å². The summed E-state index contributed by atoms with van der Waals surface area (Å²) in [4.78, 5) is 19.4. The van der Waals surface area contributed by atoms with Crippen LogP contribution in [0.5, 0.6) is 0 Å². The minimum Gasteiger partial charge on any atom is -0.322 e. The van der Waals surface area contributed by atoms with Crippen molar-refractivity contribution in [2.24, 2.45) is 0 Å². The fraction of sp³-hybridized carbons (Fsp3) is 0.519. The van der Waals surface area contributed by atoms with Crippen molar-refractivity contribution in [3.05, 3.63) is 53.5 Å². The topological polar surface area (TPSA) is 63.1 Å². The maximum atomic E-state index is 12.6. The van der Waals surface area contributed by atoms with Crippen LogP contribution in [0, 0.1) is 6.92 Å². The number of nitrogens with zero attached hydrogens (tertiary/aromatic N) is 4. The summed E-state index contributed by atoms with van der Waals surface area (Å²) in [6.45, 7) is 12.4. The smallest absolute Gasteiger partial charge is 0.257 e. The van der Waals surface area contributed by atoms with Gasteiger partial charge in [0.25, 0.3) is 5.91 Å². The van der Waals surface area contributed by atoms with Crippen molar-refractivity contribution in [1.29, 1.82) is 0 Å². The monoisotopic (exact) mass is 449 g/mol. The molecule has 2 fully saturated rings. The van der Waals surface area contributed by atoms with Crippen LogP contribution in [0.25, 0.3) is 10.9 Å². The Morgan fingerprint density at radius 2 is 1.70 bits per heavy atom. The molecule has 0 unspecified atom stereocenters. The van der Waals surface area contributed by atoms with E-state index in [4.69, 9.17) is 5.10 Å². The summed E-state index contributed by atoms with van der Waals surface area (Å²) in [5, 5.41) is 9.02. The summed E-state index contributed by atoms with van der Waals surface area (Å²) < 4.78 is 2.18. The molecule has 3 heterocycles. The van der Waals surface area contributed by atoms with Crippen LogP contribution in [0.1, 0.15) is 87.1 Å². The number of nitrogens with one attached hydrogen (secondary N) is 1. The van der Waals surface area contributed by atoms with E-state index in [9.17, 15) is 4.79 Å². The lowest BCUT2D eigenvalue weighted by molar-refractivity contribution is 0.102. The van der Waals surface area contributed by atoms with Crippen LogP contribution in [0.2, 0.25) is 0 Å². The molecule has 2 aromatic heterocycles. The molecule has 3 aromatic rings. The second-order valence-electron chi connectivity index (χ2n) is 8.50. The average Bonchev–Trinajstić information content (AvgIpc) is 3.66. The summed E-state index contributed by atoms with van der Waals surface area (Å²) in [5.74, 6) is 0.461. The Morgan fingerprint density at radius 3 is 2.30 bits per heavy atom. The molecule has 0 radical (unpaired) electrons. The lowest BCUT2D eigenvalue weighted by atomic mass is 10.1. The van der Waals surface area contributed by atoms with E-state index in [1.54, 1.807) is 6.20 Å². The van der Waals surface area contributed by atoms with E-state index in [1.807, 2.05) is 52.0 Å². The summed E-state index contributed by atoms with van der Waals surface area (Å²) in [6.07, 6.45) is 6.35. The zero-order valence-corrected chi connectivity index (χ0v) is 21.1. The van der Waals surface area contributed by atoms with Crippen LogP contribution in [0.15, 0.2) is 36.5 Å². The number of hydrogen-bond donors (Lipinski definition) is 1. The molecule has 1 aliphatic heterocycles. The zero-order valence-electron chi connectivity index (χ0n) is 21.1. The number of hydrogen-bond acceptors (Lipinski definition) is 4. The molecular formula is C27H39N5O. The summed E-state index contributed by atoms with van der Waals surface area (Å²) >= 11 is 0. The third-order valence-corrected chi connectivity index (χ3v) is 6.28. The van der Waals surface area contributed by atoms with Crippen molar-refractivity contribution in [3.8, 4) is 0 Å². The molecule has 1 saturated carbocycles. The van der Waals surface area contributed by atoms with Crippen LogP contribution in [0.3, 0.4) is 0 Å². The molecular weight excluding hydrogens is 410 g/mol. The van der Waals surface area contributed by atoms with Crippen molar-refractivity contribution in [3.63, 3.8) is 0 Å². The molecule has 1 aliphatic carbocycles. The molecule has 178 valence electrons. The highest BCUT2D eigenvalue weighted by Crippen LogP contribution is 2.38. The fourth-order valence-electron chi connectivity index (χ4n) is 4.27. The van der Waals surface area contributed by atoms with Gasteiger partial charge in [-0.15, -0.1) is 0 Å². The lowest BCUT2D eigenvalue weighted by Gasteiger charge is -2.29. The molecule has 1 amide bonds. The highest BCUT2D eigenvalue weighted by Gasteiger charge is 2.25. The number of anilines is 1.